The second kappa shape index (κ2) is 4.64. The van der Waals surface area contributed by atoms with Gasteiger partial charge < -0.3 is 5.11 Å². The number of nitrogens with zero attached hydrogens (tertiary/aromatic N) is 2. The highest BCUT2D eigenvalue weighted by molar-refractivity contribution is 5.66. The van der Waals surface area contributed by atoms with E-state index in [-0.39, 0.29) is 6.42 Å². The van der Waals surface area contributed by atoms with Gasteiger partial charge in [-0.3, -0.25) is 9.48 Å². The molecular formula is C9H14N2O2. The summed E-state index contributed by atoms with van der Waals surface area (Å²) >= 11 is 0. The zero-order chi connectivity index (χ0) is 9.68. The van der Waals surface area contributed by atoms with Crippen LogP contribution in [0, 0.1) is 6.92 Å². The van der Waals surface area contributed by atoms with Crippen molar-refractivity contribution >= 4 is 5.97 Å². The van der Waals surface area contributed by atoms with Crippen molar-refractivity contribution in [2.45, 2.75) is 32.7 Å². The van der Waals surface area contributed by atoms with Crippen molar-refractivity contribution in [2.24, 2.45) is 0 Å². The van der Waals surface area contributed by atoms with Gasteiger partial charge in [0.25, 0.3) is 0 Å². The summed E-state index contributed by atoms with van der Waals surface area (Å²) in [4.78, 5) is 10.2. The van der Waals surface area contributed by atoms with E-state index in [4.69, 9.17) is 5.11 Å². The highest BCUT2D eigenvalue weighted by atomic mass is 16.4. The number of rotatable bonds is 5. The van der Waals surface area contributed by atoms with Gasteiger partial charge in [0.2, 0.25) is 0 Å². The van der Waals surface area contributed by atoms with Crippen LogP contribution in [0.3, 0.4) is 0 Å². The number of hydrogen-bond acceptors (Lipinski definition) is 2. The van der Waals surface area contributed by atoms with Crippen molar-refractivity contribution in [3.05, 3.63) is 18.0 Å². The first-order valence-corrected chi connectivity index (χ1v) is 4.39. The molecule has 0 aliphatic rings. The predicted molar refractivity (Wildman–Crippen MR) is 48.5 cm³/mol. The Kier molecular flexibility index (Phi) is 3.49. The van der Waals surface area contributed by atoms with Gasteiger partial charge in [0.1, 0.15) is 0 Å². The molecule has 1 heterocycles. The highest BCUT2D eigenvalue weighted by Gasteiger charge is 1.97. The third-order valence-electron chi connectivity index (χ3n) is 1.79. The molecule has 0 bridgehead atoms. The summed E-state index contributed by atoms with van der Waals surface area (Å²) in [7, 11) is 0. The van der Waals surface area contributed by atoms with Crippen molar-refractivity contribution in [3.8, 4) is 0 Å². The number of carboxylic acids is 1. The maximum atomic E-state index is 10.2. The molecule has 0 saturated heterocycles. The summed E-state index contributed by atoms with van der Waals surface area (Å²) in [5, 5.41) is 12.5. The Bertz CT molecular complexity index is 281. The molecule has 13 heavy (non-hydrogen) atoms. The minimum atomic E-state index is -0.725. The largest absolute Gasteiger partial charge is 0.481 e. The van der Waals surface area contributed by atoms with E-state index in [0.717, 1.165) is 18.5 Å². The molecule has 1 rings (SSSR count). The van der Waals surface area contributed by atoms with Gasteiger partial charge in [-0.1, -0.05) is 0 Å². The van der Waals surface area contributed by atoms with Gasteiger partial charge in [-0.15, -0.1) is 0 Å². The summed E-state index contributed by atoms with van der Waals surface area (Å²) in [6.07, 6.45) is 5.60. The number of hydrogen-bond donors (Lipinski definition) is 1. The van der Waals surface area contributed by atoms with Gasteiger partial charge in [0.15, 0.2) is 0 Å². The fourth-order valence-electron chi connectivity index (χ4n) is 1.14. The molecular weight excluding hydrogens is 168 g/mol. The average Bonchev–Trinajstić information content (AvgIpc) is 2.45. The van der Waals surface area contributed by atoms with Crippen molar-refractivity contribution < 1.29 is 9.90 Å². The van der Waals surface area contributed by atoms with Crippen LogP contribution in [-0.4, -0.2) is 20.9 Å². The zero-order valence-corrected chi connectivity index (χ0v) is 7.73. The molecule has 1 aromatic rings. The number of aromatic nitrogens is 2. The predicted octanol–water partition coefficient (Wildman–Crippen LogP) is 1.45. The Balaban J connectivity index is 2.16. The molecule has 0 aliphatic carbocycles. The average molecular weight is 182 g/mol. The highest BCUT2D eigenvalue weighted by Crippen LogP contribution is 2.00. The van der Waals surface area contributed by atoms with Crippen molar-refractivity contribution in [3.63, 3.8) is 0 Å². The maximum absolute atomic E-state index is 10.2. The summed E-state index contributed by atoms with van der Waals surface area (Å²) in [6.45, 7) is 2.79. The third-order valence-corrected chi connectivity index (χ3v) is 1.79. The number of carbonyl (C=O) groups is 1. The maximum Gasteiger partial charge on any atom is 0.303 e. The molecule has 0 spiro atoms. The minimum Gasteiger partial charge on any atom is -0.481 e. The standard InChI is InChI=1S/C9H14N2O2/c1-8-6-10-11(7-8)5-3-2-4-9(12)13/h6-7H,2-5H2,1H3,(H,12,13). The topological polar surface area (TPSA) is 55.1 Å². The van der Waals surface area contributed by atoms with Crippen LogP contribution >= 0.6 is 0 Å². The van der Waals surface area contributed by atoms with Crippen LogP contribution in [0.2, 0.25) is 0 Å². The lowest BCUT2D eigenvalue weighted by Gasteiger charge is -1.98. The van der Waals surface area contributed by atoms with Gasteiger partial charge >= 0.3 is 5.97 Å². The number of aliphatic carboxylic acids is 1. The Morgan fingerprint density at radius 1 is 1.62 bits per heavy atom. The second-order valence-electron chi connectivity index (χ2n) is 3.13. The third kappa shape index (κ3) is 3.73. The van der Waals surface area contributed by atoms with Crippen molar-refractivity contribution in [1.82, 2.24) is 9.78 Å². The zero-order valence-electron chi connectivity index (χ0n) is 7.73. The number of aryl methyl sites for hydroxylation is 2. The minimum absolute atomic E-state index is 0.250. The van der Waals surface area contributed by atoms with Crippen molar-refractivity contribution in [2.75, 3.05) is 0 Å². The van der Waals surface area contributed by atoms with Gasteiger partial charge in [0.05, 0.1) is 6.20 Å². The molecule has 4 heteroatoms. The molecule has 1 aromatic heterocycles. The Morgan fingerprint density at radius 3 is 2.92 bits per heavy atom. The van der Waals surface area contributed by atoms with E-state index < -0.39 is 5.97 Å². The van der Waals surface area contributed by atoms with Crippen LogP contribution in [0.5, 0.6) is 0 Å². The molecule has 0 aromatic carbocycles. The van der Waals surface area contributed by atoms with E-state index in [1.54, 1.807) is 6.20 Å². The van der Waals surface area contributed by atoms with Gasteiger partial charge in [0, 0.05) is 19.2 Å². The summed E-state index contributed by atoms with van der Waals surface area (Å²) < 4.78 is 1.84. The second-order valence-corrected chi connectivity index (χ2v) is 3.13. The Hall–Kier alpha value is -1.32. The lowest BCUT2D eigenvalue weighted by molar-refractivity contribution is -0.137. The smallest absolute Gasteiger partial charge is 0.303 e. The Morgan fingerprint density at radius 2 is 2.38 bits per heavy atom. The first-order valence-electron chi connectivity index (χ1n) is 4.39. The quantitative estimate of drug-likeness (QED) is 0.701. The normalized spacial score (nSPS) is 10.2. The van der Waals surface area contributed by atoms with Gasteiger partial charge in [-0.25, -0.2) is 0 Å². The summed E-state index contributed by atoms with van der Waals surface area (Å²) in [5.74, 6) is -0.725. The van der Waals surface area contributed by atoms with Crippen LogP contribution in [0.25, 0.3) is 0 Å². The lowest BCUT2D eigenvalue weighted by atomic mass is 10.2. The van der Waals surface area contributed by atoms with E-state index in [9.17, 15) is 4.79 Å². The first-order chi connectivity index (χ1) is 6.18. The monoisotopic (exact) mass is 182 g/mol. The van der Waals surface area contributed by atoms with Crippen molar-refractivity contribution in [1.29, 1.82) is 0 Å². The molecule has 4 nitrogen and oxygen atoms in total. The molecule has 0 aliphatic heterocycles. The van der Waals surface area contributed by atoms with E-state index in [1.807, 2.05) is 17.8 Å². The molecule has 0 saturated carbocycles. The van der Waals surface area contributed by atoms with Gasteiger partial charge in [-0.2, -0.15) is 5.10 Å². The van der Waals surface area contributed by atoms with Crippen LogP contribution in [0.4, 0.5) is 0 Å². The van der Waals surface area contributed by atoms with E-state index in [2.05, 4.69) is 5.10 Å². The van der Waals surface area contributed by atoms with Gasteiger partial charge in [-0.05, 0) is 25.3 Å². The van der Waals surface area contributed by atoms with Crippen LogP contribution in [-0.2, 0) is 11.3 Å². The molecule has 0 fully saturated rings. The Labute approximate surface area is 77.2 Å². The van der Waals surface area contributed by atoms with E-state index in [1.165, 1.54) is 0 Å². The van der Waals surface area contributed by atoms with E-state index in [0.29, 0.717) is 6.42 Å². The lowest BCUT2D eigenvalue weighted by Crippen LogP contribution is -2.00. The first kappa shape index (κ1) is 9.77. The fourth-order valence-corrected chi connectivity index (χ4v) is 1.14. The molecule has 1 N–H and O–H groups in total. The SMILES string of the molecule is Cc1cnn(CCCCC(=O)O)c1. The molecule has 0 unspecified atom stereocenters. The molecule has 0 atom stereocenters. The fraction of sp³-hybridized carbons (Fsp3) is 0.556. The van der Waals surface area contributed by atoms with Crippen LogP contribution in [0.1, 0.15) is 24.8 Å². The number of unbranched alkanes of at least 4 members (excludes halogenated alkanes) is 1. The summed E-state index contributed by atoms with van der Waals surface area (Å²) in [5.41, 5.74) is 1.14. The van der Waals surface area contributed by atoms with Crippen LogP contribution in [0.15, 0.2) is 12.4 Å². The summed E-state index contributed by atoms with van der Waals surface area (Å²) in [6, 6.07) is 0. The van der Waals surface area contributed by atoms with E-state index >= 15 is 0 Å². The van der Waals surface area contributed by atoms with Crippen LogP contribution < -0.4 is 0 Å². The molecule has 0 amide bonds. The molecule has 0 radical (unpaired) electrons. The number of carboxylic acid groups (broad SMARTS) is 1. The molecule has 72 valence electrons.